The van der Waals surface area contributed by atoms with Crippen LogP contribution in [0.2, 0.25) is 0 Å². The number of hydrogen-bond acceptors (Lipinski definition) is 7. The number of thiophene rings is 1. The van der Waals surface area contributed by atoms with Gasteiger partial charge in [-0.15, -0.1) is 11.3 Å². The molecule has 0 aliphatic rings. The lowest BCUT2D eigenvalue weighted by Crippen LogP contribution is -2.34. The van der Waals surface area contributed by atoms with Crippen LogP contribution in [-0.2, 0) is 19.1 Å². The Morgan fingerprint density at radius 2 is 1.82 bits per heavy atom. The van der Waals surface area contributed by atoms with Crippen molar-refractivity contribution in [1.82, 2.24) is 10.6 Å². The van der Waals surface area contributed by atoms with Crippen LogP contribution in [0.15, 0.2) is 41.8 Å². The van der Waals surface area contributed by atoms with Crippen LogP contribution in [0.1, 0.15) is 34.6 Å². The molecule has 0 aliphatic carbocycles. The van der Waals surface area contributed by atoms with Gasteiger partial charge in [0.05, 0.1) is 24.4 Å². The average Bonchev–Trinajstić information content (AvgIpc) is 3.20. The predicted molar refractivity (Wildman–Crippen MR) is 102 cm³/mol. The van der Waals surface area contributed by atoms with E-state index >= 15 is 0 Å². The van der Waals surface area contributed by atoms with E-state index < -0.39 is 30.4 Å². The number of benzene rings is 1. The molecule has 1 aromatic carbocycles. The van der Waals surface area contributed by atoms with Gasteiger partial charge >= 0.3 is 5.97 Å². The summed E-state index contributed by atoms with van der Waals surface area (Å²) in [4.78, 5) is 47.5. The molecule has 0 bridgehead atoms. The molecular weight excluding hydrogens is 384 g/mol. The van der Waals surface area contributed by atoms with E-state index in [2.05, 4.69) is 10.6 Å². The highest BCUT2D eigenvalue weighted by atomic mass is 32.1. The van der Waals surface area contributed by atoms with Gasteiger partial charge in [-0.1, -0.05) is 18.2 Å². The van der Waals surface area contributed by atoms with E-state index in [4.69, 9.17) is 9.47 Å². The van der Waals surface area contributed by atoms with Crippen molar-refractivity contribution < 1.29 is 28.7 Å². The maximum Gasteiger partial charge on any atom is 0.308 e. The first-order chi connectivity index (χ1) is 13.4. The highest BCUT2D eigenvalue weighted by Crippen LogP contribution is 2.21. The van der Waals surface area contributed by atoms with Gasteiger partial charge < -0.3 is 14.8 Å². The van der Waals surface area contributed by atoms with Crippen LogP contribution in [0.25, 0.3) is 0 Å². The Kier molecular flexibility index (Phi) is 7.70. The van der Waals surface area contributed by atoms with Crippen molar-refractivity contribution in [3.8, 4) is 5.75 Å². The van der Waals surface area contributed by atoms with Gasteiger partial charge in [0.15, 0.2) is 6.61 Å². The number of esters is 1. The molecule has 0 saturated heterocycles. The number of carbonyl (C=O) groups excluding carboxylic acids is 4. The molecule has 1 heterocycles. The fourth-order valence-corrected chi connectivity index (χ4v) is 2.96. The normalized spacial score (nSPS) is 11.2. The van der Waals surface area contributed by atoms with Crippen molar-refractivity contribution in [3.63, 3.8) is 0 Å². The first kappa shape index (κ1) is 21.1. The van der Waals surface area contributed by atoms with Gasteiger partial charge in [0.2, 0.25) is 5.91 Å². The number of amides is 3. The van der Waals surface area contributed by atoms with Gasteiger partial charge in [-0.05, 0) is 29.1 Å². The SMILES string of the molecule is COc1ccc(C(CC(=O)OCC(=O)NC(=O)c2cccs2)NC(C)=O)cc1. The topological polar surface area (TPSA) is 111 Å². The number of ether oxygens (including phenoxy) is 2. The molecule has 148 valence electrons. The quantitative estimate of drug-likeness (QED) is 0.650. The minimum Gasteiger partial charge on any atom is -0.497 e. The summed E-state index contributed by atoms with van der Waals surface area (Å²) in [5.41, 5.74) is 0.685. The van der Waals surface area contributed by atoms with E-state index in [1.165, 1.54) is 25.4 Å². The second-order valence-corrected chi connectivity index (χ2v) is 6.69. The minimum atomic E-state index is -0.729. The van der Waals surface area contributed by atoms with Crippen LogP contribution in [0.4, 0.5) is 0 Å². The van der Waals surface area contributed by atoms with Crippen molar-refractivity contribution in [2.45, 2.75) is 19.4 Å². The highest BCUT2D eigenvalue weighted by molar-refractivity contribution is 7.12. The van der Waals surface area contributed by atoms with E-state index in [1.807, 2.05) is 0 Å². The average molecular weight is 404 g/mol. The Bertz CT molecular complexity index is 833. The number of imide groups is 1. The molecule has 28 heavy (non-hydrogen) atoms. The zero-order valence-electron chi connectivity index (χ0n) is 15.4. The maximum atomic E-state index is 12.1. The Balaban J connectivity index is 1.89. The molecule has 0 fully saturated rings. The van der Waals surface area contributed by atoms with Gasteiger partial charge in [-0.25, -0.2) is 0 Å². The van der Waals surface area contributed by atoms with Crippen molar-refractivity contribution in [2.75, 3.05) is 13.7 Å². The van der Waals surface area contributed by atoms with Crippen LogP contribution < -0.4 is 15.4 Å². The van der Waals surface area contributed by atoms with Gasteiger partial charge in [0.25, 0.3) is 11.8 Å². The fraction of sp³-hybridized carbons (Fsp3) is 0.263. The van der Waals surface area contributed by atoms with Gasteiger partial charge in [-0.3, -0.25) is 24.5 Å². The smallest absolute Gasteiger partial charge is 0.308 e. The third kappa shape index (κ3) is 6.51. The minimum absolute atomic E-state index is 0.169. The van der Waals surface area contributed by atoms with E-state index in [0.717, 1.165) is 0 Å². The van der Waals surface area contributed by atoms with E-state index in [1.54, 1.807) is 41.8 Å². The van der Waals surface area contributed by atoms with Crippen molar-refractivity contribution >= 4 is 35.0 Å². The zero-order chi connectivity index (χ0) is 20.5. The van der Waals surface area contributed by atoms with Crippen molar-refractivity contribution in [2.24, 2.45) is 0 Å². The number of hydrogen-bond donors (Lipinski definition) is 2. The van der Waals surface area contributed by atoms with Gasteiger partial charge in [-0.2, -0.15) is 0 Å². The molecule has 1 atom stereocenters. The van der Waals surface area contributed by atoms with E-state index in [0.29, 0.717) is 16.2 Å². The van der Waals surface area contributed by atoms with Crippen LogP contribution in [0.5, 0.6) is 5.75 Å². The lowest BCUT2D eigenvalue weighted by atomic mass is 10.0. The largest absolute Gasteiger partial charge is 0.497 e. The summed E-state index contributed by atoms with van der Waals surface area (Å²) in [5, 5.41) is 6.52. The molecule has 0 radical (unpaired) electrons. The third-order valence-electron chi connectivity index (χ3n) is 3.63. The van der Waals surface area contributed by atoms with Crippen LogP contribution in [0, 0.1) is 0 Å². The molecule has 3 amide bonds. The molecule has 0 spiro atoms. The monoisotopic (exact) mass is 404 g/mol. The van der Waals surface area contributed by atoms with Gasteiger partial charge in [0, 0.05) is 6.92 Å². The van der Waals surface area contributed by atoms with E-state index in [9.17, 15) is 19.2 Å². The molecule has 1 aromatic heterocycles. The summed E-state index contributed by atoms with van der Waals surface area (Å²) in [7, 11) is 1.53. The number of nitrogens with one attached hydrogen (secondary N) is 2. The molecule has 1 unspecified atom stereocenters. The lowest BCUT2D eigenvalue weighted by Gasteiger charge is -2.18. The van der Waals surface area contributed by atoms with Gasteiger partial charge in [0.1, 0.15) is 5.75 Å². The Hall–Kier alpha value is -3.20. The Morgan fingerprint density at radius 1 is 1.11 bits per heavy atom. The van der Waals surface area contributed by atoms with Crippen LogP contribution >= 0.6 is 11.3 Å². The molecule has 0 saturated carbocycles. The third-order valence-corrected chi connectivity index (χ3v) is 4.50. The molecular formula is C19H20N2O6S. The highest BCUT2D eigenvalue weighted by Gasteiger charge is 2.20. The second-order valence-electron chi connectivity index (χ2n) is 5.75. The van der Waals surface area contributed by atoms with Crippen LogP contribution in [0.3, 0.4) is 0 Å². The Morgan fingerprint density at radius 3 is 2.39 bits per heavy atom. The van der Waals surface area contributed by atoms with Crippen molar-refractivity contribution in [3.05, 3.63) is 52.2 Å². The second kappa shape index (κ2) is 10.2. The maximum absolute atomic E-state index is 12.1. The van der Waals surface area contributed by atoms with Crippen LogP contribution in [-0.4, -0.2) is 37.4 Å². The molecule has 9 heteroatoms. The molecule has 2 rings (SSSR count). The Labute approximate surface area is 165 Å². The molecule has 0 aliphatic heterocycles. The first-order valence-corrected chi connectivity index (χ1v) is 9.21. The standard InChI is InChI=1S/C19H20N2O6S/c1-12(22)20-15(13-5-7-14(26-2)8-6-13)10-18(24)27-11-17(23)21-19(25)16-4-3-9-28-16/h3-9,15H,10-11H2,1-2H3,(H,20,22)(H,21,23,25). The number of rotatable bonds is 8. The molecule has 8 nitrogen and oxygen atoms in total. The summed E-state index contributed by atoms with van der Waals surface area (Å²) in [6.45, 7) is 0.747. The summed E-state index contributed by atoms with van der Waals surface area (Å²) in [6, 6.07) is 9.50. The molecule has 2 N–H and O–H groups in total. The molecule has 2 aromatic rings. The summed E-state index contributed by atoms with van der Waals surface area (Å²) in [6.07, 6.45) is -0.169. The zero-order valence-corrected chi connectivity index (χ0v) is 16.2. The van der Waals surface area contributed by atoms with Crippen molar-refractivity contribution in [1.29, 1.82) is 0 Å². The number of carbonyl (C=O) groups is 4. The summed E-state index contributed by atoms with van der Waals surface area (Å²) < 4.78 is 10.0. The first-order valence-electron chi connectivity index (χ1n) is 8.33. The summed E-state index contributed by atoms with van der Waals surface area (Å²) in [5.74, 6) is -1.64. The summed E-state index contributed by atoms with van der Waals surface area (Å²) >= 11 is 1.19. The predicted octanol–water partition coefficient (Wildman–Crippen LogP) is 1.82. The fourth-order valence-electron chi connectivity index (χ4n) is 2.34. The number of methoxy groups -OCH3 is 1. The van der Waals surface area contributed by atoms with E-state index in [-0.39, 0.29) is 12.3 Å². The lowest BCUT2D eigenvalue weighted by molar-refractivity contribution is -0.149.